The molecule has 0 saturated heterocycles. The molecule has 1 saturated carbocycles. The largest absolute Gasteiger partial charge is 0.481 e. The Labute approximate surface area is 112 Å². The second-order valence-electron chi connectivity index (χ2n) is 5.10. The SMILES string of the molecule is CC(C)Oc1cncc(NC(CC(=O)O)C2CC2)n1. The summed E-state index contributed by atoms with van der Waals surface area (Å²) in [6.07, 6.45) is 5.41. The number of carboxylic acid groups (broad SMARTS) is 1. The van der Waals surface area contributed by atoms with Crippen LogP contribution in [0.15, 0.2) is 12.4 Å². The van der Waals surface area contributed by atoms with Gasteiger partial charge >= 0.3 is 5.97 Å². The summed E-state index contributed by atoms with van der Waals surface area (Å²) in [7, 11) is 0. The van der Waals surface area contributed by atoms with Crippen LogP contribution in [0.3, 0.4) is 0 Å². The Hall–Kier alpha value is -1.85. The van der Waals surface area contributed by atoms with Gasteiger partial charge in [-0.2, -0.15) is 4.98 Å². The first-order valence-corrected chi connectivity index (χ1v) is 6.51. The molecular weight excluding hydrogens is 246 g/mol. The number of carbonyl (C=O) groups is 1. The van der Waals surface area contributed by atoms with Crippen molar-refractivity contribution in [2.45, 2.75) is 45.3 Å². The van der Waals surface area contributed by atoms with E-state index < -0.39 is 5.97 Å². The highest BCUT2D eigenvalue weighted by Crippen LogP contribution is 2.35. The highest BCUT2D eigenvalue weighted by Gasteiger charge is 2.32. The van der Waals surface area contributed by atoms with E-state index >= 15 is 0 Å². The summed E-state index contributed by atoms with van der Waals surface area (Å²) in [6, 6.07) is -0.0823. The molecule has 0 radical (unpaired) electrons. The molecule has 0 amide bonds. The van der Waals surface area contributed by atoms with Crippen molar-refractivity contribution >= 4 is 11.8 Å². The Morgan fingerprint density at radius 3 is 2.84 bits per heavy atom. The van der Waals surface area contributed by atoms with Crippen LogP contribution < -0.4 is 10.1 Å². The molecule has 19 heavy (non-hydrogen) atoms. The molecular formula is C13H19N3O3. The van der Waals surface area contributed by atoms with Crippen LogP contribution in [-0.4, -0.2) is 33.2 Å². The van der Waals surface area contributed by atoms with E-state index in [2.05, 4.69) is 15.3 Å². The molecule has 1 atom stereocenters. The lowest BCUT2D eigenvalue weighted by atomic mass is 10.1. The van der Waals surface area contributed by atoms with E-state index in [0.717, 1.165) is 12.8 Å². The van der Waals surface area contributed by atoms with Gasteiger partial charge in [0.2, 0.25) is 5.88 Å². The maximum absolute atomic E-state index is 10.8. The van der Waals surface area contributed by atoms with E-state index in [1.54, 1.807) is 12.4 Å². The fraction of sp³-hybridized carbons (Fsp3) is 0.615. The first kappa shape index (κ1) is 13.6. The van der Waals surface area contributed by atoms with E-state index in [-0.39, 0.29) is 18.6 Å². The standard InChI is InChI=1S/C13H19N3O3/c1-8(2)19-12-7-14-6-11(16-12)15-10(5-13(17)18)9-3-4-9/h6-10H,3-5H2,1-2H3,(H,15,16)(H,17,18). The van der Waals surface area contributed by atoms with Gasteiger partial charge in [0.15, 0.2) is 0 Å². The fourth-order valence-electron chi connectivity index (χ4n) is 1.93. The zero-order valence-electron chi connectivity index (χ0n) is 11.2. The first-order chi connectivity index (χ1) is 9.04. The van der Waals surface area contributed by atoms with Gasteiger partial charge < -0.3 is 15.2 Å². The van der Waals surface area contributed by atoms with Crippen molar-refractivity contribution in [3.05, 3.63) is 12.4 Å². The third kappa shape index (κ3) is 4.39. The monoisotopic (exact) mass is 265 g/mol. The van der Waals surface area contributed by atoms with Gasteiger partial charge in [0.05, 0.1) is 24.9 Å². The Kier molecular flexibility index (Phi) is 4.19. The smallest absolute Gasteiger partial charge is 0.305 e. The number of ether oxygens (including phenoxy) is 1. The Balaban J connectivity index is 2.01. The number of carboxylic acids is 1. The van der Waals surface area contributed by atoms with Gasteiger partial charge in [-0.15, -0.1) is 0 Å². The molecule has 1 aliphatic rings. The molecule has 6 nitrogen and oxygen atoms in total. The van der Waals surface area contributed by atoms with Crippen molar-refractivity contribution in [1.82, 2.24) is 9.97 Å². The predicted octanol–water partition coefficient (Wildman–Crippen LogP) is 1.93. The molecule has 1 aromatic heterocycles. The second-order valence-corrected chi connectivity index (χ2v) is 5.10. The number of hydrogen-bond acceptors (Lipinski definition) is 5. The number of rotatable bonds is 7. The molecule has 0 aromatic carbocycles. The van der Waals surface area contributed by atoms with Crippen molar-refractivity contribution in [2.75, 3.05) is 5.32 Å². The second kappa shape index (κ2) is 5.86. The van der Waals surface area contributed by atoms with E-state index in [0.29, 0.717) is 17.6 Å². The van der Waals surface area contributed by atoms with Crippen LogP contribution in [0.4, 0.5) is 5.82 Å². The average Bonchev–Trinajstić information content (AvgIpc) is 3.10. The highest BCUT2D eigenvalue weighted by atomic mass is 16.5. The van der Waals surface area contributed by atoms with Gasteiger partial charge in [-0.25, -0.2) is 0 Å². The van der Waals surface area contributed by atoms with Gasteiger partial charge in [0.25, 0.3) is 0 Å². The molecule has 2 N–H and O–H groups in total. The third-order valence-corrected chi connectivity index (χ3v) is 2.89. The number of nitrogens with one attached hydrogen (secondary N) is 1. The van der Waals surface area contributed by atoms with Crippen molar-refractivity contribution in [1.29, 1.82) is 0 Å². The molecule has 1 unspecified atom stereocenters. The van der Waals surface area contributed by atoms with Crippen LogP contribution in [-0.2, 0) is 4.79 Å². The van der Waals surface area contributed by atoms with Crippen LogP contribution in [0, 0.1) is 5.92 Å². The minimum absolute atomic E-state index is 0.0304. The zero-order valence-corrected chi connectivity index (χ0v) is 11.2. The van der Waals surface area contributed by atoms with Crippen LogP contribution >= 0.6 is 0 Å². The van der Waals surface area contributed by atoms with Crippen LogP contribution in [0.25, 0.3) is 0 Å². The van der Waals surface area contributed by atoms with Crippen molar-refractivity contribution in [3.8, 4) is 5.88 Å². The topological polar surface area (TPSA) is 84.3 Å². The molecule has 6 heteroatoms. The molecule has 0 aliphatic heterocycles. The lowest BCUT2D eigenvalue weighted by Gasteiger charge is -2.17. The van der Waals surface area contributed by atoms with Crippen LogP contribution in [0.1, 0.15) is 33.1 Å². The zero-order chi connectivity index (χ0) is 13.8. The molecule has 1 aliphatic carbocycles. The van der Waals surface area contributed by atoms with Gasteiger partial charge in [0, 0.05) is 6.04 Å². The summed E-state index contributed by atoms with van der Waals surface area (Å²) in [5.74, 6) is 0.640. The highest BCUT2D eigenvalue weighted by molar-refractivity contribution is 5.68. The van der Waals surface area contributed by atoms with E-state index in [9.17, 15) is 4.79 Å². The minimum atomic E-state index is -0.799. The summed E-state index contributed by atoms with van der Waals surface area (Å²) in [6.45, 7) is 3.83. The maximum atomic E-state index is 10.8. The van der Waals surface area contributed by atoms with Gasteiger partial charge in [-0.05, 0) is 32.6 Å². The quantitative estimate of drug-likeness (QED) is 0.783. The van der Waals surface area contributed by atoms with Gasteiger partial charge in [-0.1, -0.05) is 0 Å². The summed E-state index contributed by atoms with van der Waals surface area (Å²) in [5.41, 5.74) is 0. The lowest BCUT2D eigenvalue weighted by molar-refractivity contribution is -0.137. The molecule has 1 heterocycles. The van der Waals surface area contributed by atoms with Crippen molar-refractivity contribution < 1.29 is 14.6 Å². The number of hydrogen-bond donors (Lipinski definition) is 2. The van der Waals surface area contributed by atoms with Gasteiger partial charge in [-0.3, -0.25) is 9.78 Å². The lowest BCUT2D eigenvalue weighted by Crippen LogP contribution is -2.26. The van der Waals surface area contributed by atoms with E-state index in [1.165, 1.54) is 0 Å². The summed E-state index contributed by atoms with van der Waals surface area (Å²) < 4.78 is 5.46. The van der Waals surface area contributed by atoms with E-state index in [1.807, 2.05) is 13.8 Å². The minimum Gasteiger partial charge on any atom is -0.481 e. The Bertz CT molecular complexity index is 447. The molecule has 0 bridgehead atoms. The van der Waals surface area contributed by atoms with Crippen LogP contribution in [0.5, 0.6) is 5.88 Å². The summed E-state index contributed by atoms with van der Waals surface area (Å²) >= 11 is 0. The fourth-order valence-corrected chi connectivity index (χ4v) is 1.93. The van der Waals surface area contributed by atoms with Crippen molar-refractivity contribution in [3.63, 3.8) is 0 Å². The first-order valence-electron chi connectivity index (χ1n) is 6.51. The number of aromatic nitrogens is 2. The van der Waals surface area contributed by atoms with Gasteiger partial charge in [0.1, 0.15) is 5.82 Å². The number of aliphatic carboxylic acids is 1. The Morgan fingerprint density at radius 1 is 1.53 bits per heavy atom. The maximum Gasteiger partial charge on any atom is 0.305 e. The molecule has 2 rings (SSSR count). The predicted molar refractivity (Wildman–Crippen MR) is 70.2 cm³/mol. The molecule has 1 aromatic rings. The van der Waals surface area contributed by atoms with Crippen molar-refractivity contribution in [2.24, 2.45) is 5.92 Å². The third-order valence-electron chi connectivity index (χ3n) is 2.89. The number of nitrogens with zero attached hydrogens (tertiary/aromatic N) is 2. The molecule has 0 spiro atoms. The molecule has 104 valence electrons. The average molecular weight is 265 g/mol. The summed E-state index contributed by atoms with van der Waals surface area (Å²) in [5, 5.41) is 12.1. The summed E-state index contributed by atoms with van der Waals surface area (Å²) in [4.78, 5) is 19.2. The number of anilines is 1. The normalized spacial score (nSPS) is 16.2. The van der Waals surface area contributed by atoms with Crippen LogP contribution in [0.2, 0.25) is 0 Å². The molecule has 1 fully saturated rings. The van der Waals surface area contributed by atoms with E-state index in [4.69, 9.17) is 9.84 Å². The Morgan fingerprint density at radius 2 is 2.26 bits per heavy atom.